The Morgan fingerprint density at radius 2 is 1.00 bits per heavy atom. The highest BCUT2D eigenvalue weighted by atomic mass is 31.2. The number of hydrogen-bond donors (Lipinski definition) is 2. The fourth-order valence-electron chi connectivity index (χ4n) is 4.91. The number of unbranched alkanes of at least 4 members (excludes halogenated alkanes) is 20. The summed E-state index contributed by atoms with van der Waals surface area (Å²) in [4.78, 5) is 34.5. The molecule has 0 fully saturated rings. The molecule has 0 aromatic rings. The molecular weight excluding hydrogens is 553 g/mol. The molecule has 8 nitrogen and oxygen atoms in total. The van der Waals surface area contributed by atoms with Crippen molar-refractivity contribution in [1.29, 1.82) is 0 Å². The van der Waals surface area contributed by atoms with E-state index in [0.717, 1.165) is 38.5 Å². The van der Waals surface area contributed by atoms with Gasteiger partial charge in [-0.2, -0.15) is 0 Å². The van der Waals surface area contributed by atoms with Gasteiger partial charge in [-0.1, -0.05) is 142 Å². The van der Waals surface area contributed by atoms with E-state index in [9.17, 15) is 19.0 Å². The topological polar surface area (TPSA) is 125 Å². The largest absolute Gasteiger partial charge is 0.462 e. The van der Waals surface area contributed by atoms with Crippen LogP contribution < -0.4 is 5.73 Å². The van der Waals surface area contributed by atoms with Crippen molar-refractivity contribution >= 4 is 19.5 Å². The average Bonchev–Trinajstić information content (AvgIpc) is 2.96. The second-order valence-electron chi connectivity index (χ2n) is 11.8. The Balaban J connectivity index is 4.18. The van der Waals surface area contributed by atoms with Gasteiger partial charge in [-0.25, -0.2) is 0 Å². The summed E-state index contributed by atoms with van der Waals surface area (Å²) in [5.74, 6) is -0.765. The lowest BCUT2D eigenvalue weighted by molar-refractivity contribution is -0.161. The number of rotatable bonds is 32. The number of carbonyl (C=O) groups excluding carboxylic acids is 2. The van der Waals surface area contributed by atoms with E-state index in [1.54, 1.807) is 0 Å². The molecule has 0 aromatic heterocycles. The van der Waals surface area contributed by atoms with Crippen molar-refractivity contribution in [3.63, 3.8) is 0 Å². The van der Waals surface area contributed by atoms with Gasteiger partial charge in [0.2, 0.25) is 0 Å². The number of hydrogen-bond acceptors (Lipinski definition) is 7. The summed E-state index contributed by atoms with van der Waals surface area (Å²) in [5.41, 5.74) is 5.38. The van der Waals surface area contributed by atoms with E-state index in [2.05, 4.69) is 13.8 Å². The fraction of sp³-hybridized carbons (Fsp3) is 0.939. The lowest BCUT2D eigenvalue weighted by Gasteiger charge is -2.20. The molecule has 0 saturated carbocycles. The minimum atomic E-state index is -3.88. The Hall–Kier alpha value is -0.950. The van der Waals surface area contributed by atoms with Gasteiger partial charge in [0.1, 0.15) is 6.61 Å². The first-order chi connectivity index (χ1) is 20.3. The maximum atomic E-state index is 12.4. The third-order valence-corrected chi connectivity index (χ3v) is 8.95. The number of carbonyl (C=O) groups is 2. The molecule has 0 bridgehead atoms. The molecule has 0 aliphatic carbocycles. The van der Waals surface area contributed by atoms with Gasteiger partial charge in [0.05, 0.1) is 12.8 Å². The number of ether oxygens (including phenoxy) is 2. The van der Waals surface area contributed by atoms with E-state index in [-0.39, 0.29) is 38.3 Å². The minimum Gasteiger partial charge on any atom is -0.462 e. The van der Waals surface area contributed by atoms with Crippen LogP contribution in [0.4, 0.5) is 0 Å². The average molecular weight is 620 g/mol. The standard InChI is InChI=1S/C33H66NO7P/c1-3-5-7-9-11-13-15-17-19-21-23-25-32(35)39-29-31(30-40-42(37,38)28-27-34)41-33(36)26-24-22-20-18-16-14-12-10-8-6-4-2/h31H,3-30,34H2,1-2H3,(H,37,38)/t31-/m1/s1. The molecule has 0 amide bonds. The quantitative estimate of drug-likeness (QED) is 0.0434. The summed E-state index contributed by atoms with van der Waals surface area (Å²) in [7, 11) is -3.88. The third kappa shape index (κ3) is 29.1. The highest BCUT2D eigenvalue weighted by Crippen LogP contribution is 2.41. The molecule has 250 valence electrons. The van der Waals surface area contributed by atoms with Gasteiger partial charge in [-0.15, -0.1) is 0 Å². The maximum Gasteiger partial charge on any atom is 0.329 e. The van der Waals surface area contributed by atoms with Crippen LogP contribution in [-0.4, -0.2) is 48.9 Å². The highest BCUT2D eigenvalue weighted by Gasteiger charge is 2.24. The molecule has 3 N–H and O–H groups in total. The minimum absolute atomic E-state index is 0.00499. The van der Waals surface area contributed by atoms with Gasteiger partial charge in [0.25, 0.3) is 0 Å². The Labute approximate surface area is 258 Å². The van der Waals surface area contributed by atoms with Crippen LogP contribution in [0.25, 0.3) is 0 Å². The van der Waals surface area contributed by atoms with Crippen molar-refractivity contribution in [2.45, 2.75) is 174 Å². The van der Waals surface area contributed by atoms with E-state index in [0.29, 0.717) is 6.42 Å². The molecule has 0 aromatic carbocycles. The molecule has 0 radical (unpaired) electrons. The molecule has 0 heterocycles. The van der Waals surface area contributed by atoms with Crippen LogP contribution in [0.5, 0.6) is 0 Å². The van der Waals surface area contributed by atoms with E-state index < -0.39 is 19.7 Å². The predicted octanol–water partition coefficient (Wildman–Crippen LogP) is 9.00. The molecule has 0 rings (SSSR count). The van der Waals surface area contributed by atoms with Crippen LogP contribution in [-0.2, 0) is 28.2 Å². The summed E-state index contributed by atoms with van der Waals surface area (Å²) in [6.45, 7) is 3.96. The van der Waals surface area contributed by atoms with E-state index in [1.807, 2.05) is 0 Å². The van der Waals surface area contributed by atoms with Crippen LogP contribution in [0.15, 0.2) is 0 Å². The monoisotopic (exact) mass is 619 g/mol. The van der Waals surface area contributed by atoms with Crippen LogP contribution in [0.3, 0.4) is 0 Å². The first kappa shape index (κ1) is 41.0. The Bertz CT molecular complexity index is 677. The van der Waals surface area contributed by atoms with Gasteiger partial charge in [-0.3, -0.25) is 14.2 Å². The molecule has 0 spiro atoms. The van der Waals surface area contributed by atoms with Crippen molar-refractivity contribution in [2.75, 3.05) is 25.9 Å². The predicted molar refractivity (Wildman–Crippen MR) is 173 cm³/mol. The first-order valence-corrected chi connectivity index (χ1v) is 19.1. The van der Waals surface area contributed by atoms with Crippen molar-refractivity contribution in [3.8, 4) is 0 Å². The second-order valence-corrected chi connectivity index (χ2v) is 13.8. The lowest BCUT2D eigenvalue weighted by Crippen LogP contribution is -2.29. The second kappa shape index (κ2) is 30.1. The maximum absolute atomic E-state index is 12.4. The molecular formula is C33H66NO7P. The van der Waals surface area contributed by atoms with E-state index in [4.69, 9.17) is 19.7 Å². The summed E-state index contributed by atoms with van der Waals surface area (Å²) in [6.07, 6.45) is 25.7. The zero-order chi connectivity index (χ0) is 31.2. The zero-order valence-corrected chi connectivity index (χ0v) is 28.2. The highest BCUT2D eigenvalue weighted by molar-refractivity contribution is 7.52. The van der Waals surface area contributed by atoms with Crippen LogP contribution in [0, 0.1) is 0 Å². The van der Waals surface area contributed by atoms with E-state index >= 15 is 0 Å². The van der Waals surface area contributed by atoms with Gasteiger partial charge in [0.15, 0.2) is 6.10 Å². The smallest absolute Gasteiger partial charge is 0.329 e. The summed E-state index contributed by atoms with van der Waals surface area (Å²) < 4.78 is 28.0. The number of nitrogens with two attached hydrogens (primary N) is 1. The van der Waals surface area contributed by atoms with Gasteiger partial charge >= 0.3 is 19.5 Å². The zero-order valence-electron chi connectivity index (χ0n) is 27.3. The molecule has 0 aliphatic heterocycles. The Kier molecular flexibility index (Phi) is 29.4. The fourth-order valence-corrected chi connectivity index (χ4v) is 5.77. The Morgan fingerprint density at radius 3 is 1.40 bits per heavy atom. The molecule has 1 unspecified atom stereocenters. The third-order valence-electron chi connectivity index (χ3n) is 7.57. The van der Waals surface area contributed by atoms with Crippen molar-refractivity contribution < 1.29 is 33.0 Å². The van der Waals surface area contributed by atoms with Crippen molar-refractivity contribution in [1.82, 2.24) is 0 Å². The molecule has 9 heteroatoms. The SMILES string of the molecule is CCCCCCCCCCCCCC(=O)OC[C@H](COP(=O)(O)CCN)OC(=O)CCCCCCCCCCCCC. The molecule has 0 saturated heterocycles. The van der Waals surface area contributed by atoms with Crippen LogP contribution in [0.2, 0.25) is 0 Å². The molecule has 42 heavy (non-hydrogen) atoms. The first-order valence-electron chi connectivity index (χ1n) is 17.4. The van der Waals surface area contributed by atoms with Crippen molar-refractivity contribution in [2.24, 2.45) is 5.73 Å². The summed E-state index contributed by atoms with van der Waals surface area (Å²) in [6, 6.07) is 0. The molecule has 0 aliphatic rings. The lowest BCUT2D eigenvalue weighted by atomic mass is 10.1. The van der Waals surface area contributed by atoms with Gasteiger partial charge in [0, 0.05) is 19.4 Å². The van der Waals surface area contributed by atoms with Gasteiger partial charge < -0.3 is 24.6 Å². The summed E-state index contributed by atoms with van der Waals surface area (Å²) >= 11 is 0. The van der Waals surface area contributed by atoms with Crippen LogP contribution in [0.1, 0.15) is 168 Å². The van der Waals surface area contributed by atoms with Gasteiger partial charge in [-0.05, 0) is 12.8 Å². The van der Waals surface area contributed by atoms with E-state index in [1.165, 1.54) is 103 Å². The van der Waals surface area contributed by atoms with Crippen molar-refractivity contribution in [3.05, 3.63) is 0 Å². The number of esters is 2. The normalized spacial score (nSPS) is 13.5. The molecule has 2 atom stereocenters. The Morgan fingerprint density at radius 1 is 0.619 bits per heavy atom. The summed E-state index contributed by atoms with van der Waals surface area (Å²) in [5, 5.41) is 0. The van der Waals surface area contributed by atoms with Crippen LogP contribution >= 0.6 is 7.60 Å².